The van der Waals surface area contributed by atoms with E-state index in [0.29, 0.717) is 21.8 Å². The number of amides is 1. The predicted octanol–water partition coefficient (Wildman–Crippen LogP) is 2.52. The molecule has 3 rings (SSSR count). The van der Waals surface area contributed by atoms with Gasteiger partial charge in [0.15, 0.2) is 0 Å². The molecule has 6 nitrogen and oxygen atoms in total. The minimum Gasteiger partial charge on any atom is -0.464 e. The molecule has 0 radical (unpaired) electrons. The van der Waals surface area contributed by atoms with E-state index < -0.39 is 5.91 Å². The molecule has 1 amide bonds. The van der Waals surface area contributed by atoms with Crippen LogP contribution in [0, 0.1) is 0 Å². The average Bonchev–Trinajstić information content (AvgIpc) is 3.12. The van der Waals surface area contributed by atoms with Gasteiger partial charge in [-0.2, -0.15) is 0 Å². The Morgan fingerprint density at radius 3 is 3.09 bits per heavy atom. The molecule has 0 saturated carbocycles. The number of carbonyl (C=O) groups excluding carboxylic acids is 1. The number of aromatic amines is 1. The summed E-state index contributed by atoms with van der Waals surface area (Å²) in [7, 11) is 0. The molecule has 3 N–H and O–H groups in total. The number of aromatic nitrogens is 2. The number of nitrogens with one attached hydrogen (secondary N) is 1. The second kappa shape index (κ2) is 5.98. The summed E-state index contributed by atoms with van der Waals surface area (Å²) >= 11 is 2.73. The minimum atomic E-state index is -0.392. The first-order valence-corrected chi connectivity index (χ1v) is 8.44. The molecule has 0 fully saturated rings. The van der Waals surface area contributed by atoms with Crippen molar-refractivity contribution in [3.05, 3.63) is 40.0 Å². The summed E-state index contributed by atoms with van der Waals surface area (Å²) in [6, 6.07) is 3.58. The molecule has 0 bridgehead atoms. The van der Waals surface area contributed by atoms with E-state index in [0.717, 1.165) is 5.56 Å². The molecule has 1 atom stereocenters. The molecule has 0 aliphatic heterocycles. The third kappa shape index (κ3) is 2.79. The zero-order valence-electron chi connectivity index (χ0n) is 11.7. The Balaban J connectivity index is 2.00. The molecule has 3 heterocycles. The summed E-state index contributed by atoms with van der Waals surface area (Å²) in [6.07, 6.45) is 1.57. The molecule has 0 saturated heterocycles. The number of carbonyl (C=O) groups is 1. The summed E-state index contributed by atoms with van der Waals surface area (Å²) in [6.45, 7) is 1.87. The first-order valence-electron chi connectivity index (χ1n) is 6.51. The predicted molar refractivity (Wildman–Crippen MR) is 88.0 cm³/mol. The second-order valence-electron chi connectivity index (χ2n) is 4.68. The van der Waals surface area contributed by atoms with E-state index in [-0.39, 0.29) is 16.6 Å². The van der Waals surface area contributed by atoms with E-state index in [1.807, 2.05) is 12.3 Å². The van der Waals surface area contributed by atoms with Gasteiger partial charge in [-0.05, 0) is 19.1 Å². The van der Waals surface area contributed by atoms with Crippen molar-refractivity contribution in [1.29, 1.82) is 0 Å². The number of nitrogens with two attached hydrogens (primary N) is 1. The lowest BCUT2D eigenvalue weighted by atomic mass is 10.2. The van der Waals surface area contributed by atoms with Gasteiger partial charge in [-0.15, -0.1) is 23.1 Å². The van der Waals surface area contributed by atoms with E-state index in [1.165, 1.54) is 23.1 Å². The largest absolute Gasteiger partial charge is 0.464 e. The van der Waals surface area contributed by atoms with Gasteiger partial charge in [0.1, 0.15) is 16.4 Å². The van der Waals surface area contributed by atoms with Crippen LogP contribution in [-0.2, 0) is 4.79 Å². The Labute approximate surface area is 133 Å². The highest BCUT2D eigenvalue weighted by Gasteiger charge is 2.17. The molecule has 3 aromatic heterocycles. The zero-order chi connectivity index (χ0) is 15.7. The van der Waals surface area contributed by atoms with Crippen LogP contribution in [-0.4, -0.2) is 21.6 Å². The van der Waals surface area contributed by atoms with E-state index >= 15 is 0 Å². The zero-order valence-corrected chi connectivity index (χ0v) is 13.3. The van der Waals surface area contributed by atoms with Gasteiger partial charge in [-0.3, -0.25) is 9.59 Å². The number of nitrogens with zero attached hydrogens (tertiary/aromatic N) is 1. The molecular formula is C14H13N3O3S2. The third-order valence-electron chi connectivity index (χ3n) is 3.11. The standard InChI is InChI=1S/C14H13N3O3S2/c1-7(21-6-10(15)18)12-16-13(19)11-8(5-22-14(11)17-12)9-3-2-4-20-9/h2-5,7H,6H2,1H3,(H2,15,18)(H,16,17,19). The van der Waals surface area contributed by atoms with E-state index in [4.69, 9.17) is 10.2 Å². The van der Waals surface area contributed by atoms with Crippen molar-refractivity contribution in [1.82, 2.24) is 9.97 Å². The van der Waals surface area contributed by atoms with Crippen LogP contribution in [0.2, 0.25) is 0 Å². The van der Waals surface area contributed by atoms with Crippen molar-refractivity contribution >= 4 is 39.2 Å². The van der Waals surface area contributed by atoms with Crippen LogP contribution in [0.4, 0.5) is 0 Å². The van der Waals surface area contributed by atoms with Gasteiger partial charge in [0.2, 0.25) is 5.91 Å². The molecule has 0 aliphatic rings. The third-order valence-corrected chi connectivity index (χ3v) is 5.16. The smallest absolute Gasteiger partial charge is 0.260 e. The van der Waals surface area contributed by atoms with Crippen LogP contribution in [0.1, 0.15) is 18.0 Å². The number of hydrogen-bond donors (Lipinski definition) is 2. The number of H-pyrrole nitrogens is 1. The van der Waals surface area contributed by atoms with Gasteiger partial charge >= 0.3 is 0 Å². The Hall–Kier alpha value is -2.06. The Kier molecular flexibility index (Phi) is 4.04. The molecule has 0 aliphatic carbocycles. The maximum absolute atomic E-state index is 12.4. The number of hydrogen-bond acceptors (Lipinski definition) is 6. The van der Waals surface area contributed by atoms with Crippen LogP contribution >= 0.6 is 23.1 Å². The van der Waals surface area contributed by atoms with E-state index in [2.05, 4.69) is 9.97 Å². The van der Waals surface area contributed by atoms with Crippen molar-refractivity contribution in [2.24, 2.45) is 5.73 Å². The van der Waals surface area contributed by atoms with Crippen molar-refractivity contribution in [3.63, 3.8) is 0 Å². The van der Waals surface area contributed by atoms with Gasteiger partial charge in [0, 0.05) is 10.9 Å². The Morgan fingerprint density at radius 2 is 2.41 bits per heavy atom. The van der Waals surface area contributed by atoms with Gasteiger partial charge < -0.3 is 15.1 Å². The summed E-state index contributed by atoms with van der Waals surface area (Å²) in [4.78, 5) is 31.2. The fourth-order valence-electron chi connectivity index (χ4n) is 2.06. The summed E-state index contributed by atoms with van der Waals surface area (Å²) in [5, 5.41) is 2.26. The number of primary amides is 1. The number of furan rings is 1. The van der Waals surface area contributed by atoms with Crippen molar-refractivity contribution in [2.75, 3.05) is 5.75 Å². The summed E-state index contributed by atoms with van der Waals surface area (Å²) in [5.41, 5.74) is 5.67. The van der Waals surface area contributed by atoms with Gasteiger partial charge in [0.05, 0.1) is 22.7 Å². The first-order chi connectivity index (χ1) is 10.6. The second-order valence-corrected chi connectivity index (χ2v) is 6.86. The lowest BCUT2D eigenvalue weighted by Crippen LogP contribution is -2.16. The quantitative estimate of drug-likeness (QED) is 0.746. The van der Waals surface area contributed by atoms with Crippen LogP contribution in [0.25, 0.3) is 21.5 Å². The maximum Gasteiger partial charge on any atom is 0.260 e. The fraction of sp³-hybridized carbons (Fsp3) is 0.214. The number of fused-ring (bicyclic) bond motifs is 1. The van der Waals surface area contributed by atoms with E-state index in [9.17, 15) is 9.59 Å². The van der Waals surface area contributed by atoms with Gasteiger partial charge in [0.25, 0.3) is 5.56 Å². The molecule has 0 spiro atoms. The monoisotopic (exact) mass is 335 g/mol. The highest BCUT2D eigenvalue weighted by atomic mass is 32.2. The first kappa shape index (κ1) is 14.9. The lowest BCUT2D eigenvalue weighted by molar-refractivity contribution is -0.115. The molecule has 3 aromatic rings. The molecule has 0 aromatic carbocycles. The average molecular weight is 335 g/mol. The lowest BCUT2D eigenvalue weighted by Gasteiger charge is -2.09. The molecule has 1 unspecified atom stereocenters. The SMILES string of the molecule is CC(SCC(N)=O)c1nc2scc(-c3ccco3)c2c(=O)[nH]1. The van der Waals surface area contributed by atoms with Crippen molar-refractivity contribution in [3.8, 4) is 11.3 Å². The molecule has 114 valence electrons. The van der Waals surface area contributed by atoms with E-state index in [1.54, 1.807) is 18.4 Å². The normalized spacial score (nSPS) is 12.6. The van der Waals surface area contributed by atoms with Gasteiger partial charge in [-0.1, -0.05) is 0 Å². The summed E-state index contributed by atoms with van der Waals surface area (Å²) in [5.74, 6) is 0.973. The highest BCUT2D eigenvalue weighted by molar-refractivity contribution is 8.00. The topological polar surface area (TPSA) is 102 Å². The van der Waals surface area contributed by atoms with Crippen molar-refractivity contribution < 1.29 is 9.21 Å². The summed E-state index contributed by atoms with van der Waals surface area (Å²) < 4.78 is 5.35. The number of thioether (sulfide) groups is 1. The van der Waals surface area contributed by atoms with Gasteiger partial charge in [-0.25, -0.2) is 4.98 Å². The number of rotatable bonds is 5. The van der Waals surface area contributed by atoms with Crippen molar-refractivity contribution in [2.45, 2.75) is 12.2 Å². The van der Waals surface area contributed by atoms with Crippen LogP contribution in [0.3, 0.4) is 0 Å². The van der Waals surface area contributed by atoms with Crippen LogP contribution in [0.15, 0.2) is 33.0 Å². The molecule has 8 heteroatoms. The highest BCUT2D eigenvalue weighted by Crippen LogP contribution is 2.32. The molecular weight excluding hydrogens is 322 g/mol. The Bertz CT molecular complexity index is 867. The maximum atomic E-state index is 12.4. The Morgan fingerprint density at radius 1 is 1.59 bits per heavy atom. The molecule has 22 heavy (non-hydrogen) atoms. The number of thiophene rings is 1. The van der Waals surface area contributed by atoms with Crippen LogP contribution in [0.5, 0.6) is 0 Å². The minimum absolute atomic E-state index is 0.126. The fourth-order valence-corrected chi connectivity index (χ4v) is 3.68. The van der Waals surface area contributed by atoms with Crippen LogP contribution < -0.4 is 11.3 Å².